The van der Waals surface area contributed by atoms with Crippen LogP contribution in [0.15, 0.2) is 18.2 Å². The van der Waals surface area contributed by atoms with E-state index in [-0.39, 0.29) is 0 Å². The van der Waals surface area contributed by atoms with E-state index in [9.17, 15) is 4.79 Å². The molecule has 1 heterocycles. The van der Waals surface area contributed by atoms with Crippen molar-refractivity contribution in [3.63, 3.8) is 0 Å². The van der Waals surface area contributed by atoms with Crippen molar-refractivity contribution in [2.75, 3.05) is 6.61 Å². The van der Waals surface area contributed by atoms with Crippen molar-refractivity contribution in [2.24, 2.45) is 0 Å². The van der Waals surface area contributed by atoms with Crippen molar-refractivity contribution in [1.29, 1.82) is 0 Å². The van der Waals surface area contributed by atoms with E-state index in [2.05, 4.69) is 0 Å². The highest BCUT2D eigenvalue weighted by Crippen LogP contribution is 2.27. The Morgan fingerprint density at radius 1 is 1.45 bits per heavy atom. The molecular weight excluding hydrogens is 140 g/mol. The van der Waals surface area contributed by atoms with Crippen molar-refractivity contribution in [2.45, 2.75) is 6.42 Å². The molecule has 0 bridgehead atoms. The van der Waals surface area contributed by atoms with E-state index in [4.69, 9.17) is 4.74 Å². The Kier molecular flexibility index (Phi) is 1.39. The van der Waals surface area contributed by atoms with Crippen LogP contribution in [0, 0.1) is 0 Å². The molecule has 1 aromatic rings. The number of benzene rings is 1. The molecule has 0 spiro atoms. The van der Waals surface area contributed by atoms with E-state index in [1.807, 2.05) is 18.4 Å². The lowest BCUT2D eigenvalue weighted by atomic mass is 10.1. The minimum absolute atomic E-state index is 0.542. The first kappa shape index (κ1) is 6.40. The Balaban J connectivity index is 2.58. The van der Waals surface area contributed by atoms with Gasteiger partial charge in [-0.2, -0.15) is 0 Å². The highest BCUT2D eigenvalue weighted by atomic mass is 16.5. The van der Waals surface area contributed by atoms with E-state index in [1.54, 1.807) is 6.07 Å². The first-order valence-corrected chi connectivity index (χ1v) is 3.54. The fourth-order valence-corrected chi connectivity index (χ4v) is 1.30. The summed E-state index contributed by atoms with van der Waals surface area (Å²) in [6.07, 6.45) is 2.76. The second-order valence-corrected chi connectivity index (χ2v) is 2.49. The Morgan fingerprint density at radius 3 is 3.18 bits per heavy atom. The van der Waals surface area contributed by atoms with Crippen molar-refractivity contribution in [3.05, 3.63) is 29.3 Å². The number of fused-ring (bicyclic) bond motifs is 1. The largest absolute Gasteiger partial charge is 0.492 e. The van der Waals surface area contributed by atoms with E-state index in [0.717, 1.165) is 17.7 Å². The number of rotatable bonds is 1. The van der Waals surface area contributed by atoms with E-state index < -0.39 is 0 Å². The number of ether oxygens (including phenoxy) is 1. The molecule has 0 aromatic heterocycles. The number of carbonyl (C=O) groups excluding carboxylic acids is 1. The summed E-state index contributed by atoms with van der Waals surface area (Å²) >= 11 is 0. The summed E-state index contributed by atoms with van der Waals surface area (Å²) in [5, 5.41) is 0. The van der Waals surface area contributed by atoms with Crippen molar-refractivity contribution in [1.82, 2.24) is 0 Å². The molecule has 0 atom stereocenters. The summed E-state index contributed by atoms with van der Waals surface area (Å²) in [7, 11) is 0. The van der Waals surface area contributed by atoms with Gasteiger partial charge in [0.2, 0.25) is 6.29 Å². The van der Waals surface area contributed by atoms with Crippen molar-refractivity contribution >= 4 is 6.29 Å². The third-order valence-corrected chi connectivity index (χ3v) is 1.82. The average Bonchev–Trinajstić information content (AvgIpc) is 2.50. The standard InChI is InChI=1S/C9H7O2/c10-6-8-3-1-2-7-4-5-11-9(7)8/h1-3H,4-5H2. The molecule has 1 aromatic carbocycles. The zero-order valence-corrected chi connectivity index (χ0v) is 5.96. The Hall–Kier alpha value is -1.31. The molecule has 0 amide bonds. The van der Waals surface area contributed by atoms with Crippen LogP contribution in [0.4, 0.5) is 0 Å². The van der Waals surface area contributed by atoms with Crippen LogP contribution in [0.1, 0.15) is 11.1 Å². The molecule has 1 radical (unpaired) electrons. The third kappa shape index (κ3) is 0.909. The lowest BCUT2D eigenvalue weighted by molar-refractivity contribution is 0.356. The van der Waals surface area contributed by atoms with Crippen LogP contribution in [-0.2, 0) is 11.2 Å². The predicted octanol–water partition coefficient (Wildman–Crippen LogP) is 1.08. The fourth-order valence-electron chi connectivity index (χ4n) is 1.30. The van der Waals surface area contributed by atoms with Crippen LogP contribution >= 0.6 is 0 Å². The number of para-hydroxylation sites is 1. The summed E-state index contributed by atoms with van der Waals surface area (Å²) < 4.78 is 5.26. The van der Waals surface area contributed by atoms with E-state index >= 15 is 0 Å². The smallest absolute Gasteiger partial charge is 0.237 e. The minimum Gasteiger partial charge on any atom is -0.492 e. The van der Waals surface area contributed by atoms with Gasteiger partial charge in [0.25, 0.3) is 0 Å². The van der Waals surface area contributed by atoms with Gasteiger partial charge < -0.3 is 4.74 Å². The van der Waals surface area contributed by atoms with Gasteiger partial charge in [-0.3, -0.25) is 4.79 Å². The molecule has 0 unspecified atom stereocenters. The molecule has 2 heteroatoms. The predicted molar refractivity (Wildman–Crippen MR) is 40.4 cm³/mol. The van der Waals surface area contributed by atoms with Gasteiger partial charge in [-0.25, -0.2) is 0 Å². The molecule has 55 valence electrons. The maximum absolute atomic E-state index is 10.4. The second kappa shape index (κ2) is 2.38. The lowest BCUT2D eigenvalue weighted by Crippen LogP contribution is -1.89. The van der Waals surface area contributed by atoms with E-state index in [0.29, 0.717) is 12.2 Å². The van der Waals surface area contributed by atoms with Crippen LogP contribution < -0.4 is 4.74 Å². The van der Waals surface area contributed by atoms with Crippen LogP contribution in [-0.4, -0.2) is 12.9 Å². The molecule has 1 aliphatic rings. The number of hydrogen-bond acceptors (Lipinski definition) is 2. The first-order valence-electron chi connectivity index (χ1n) is 3.54. The summed E-state index contributed by atoms with van der Waals surface area (Å²) in [6, 6.07) is 5.55. The molecule has 0 aliphatic carbocycles. The molecule has 0 N–H and O–H groups in total. The summed E-state index contributed by atoms with van der Waals surface area (Å²) in [5.74, 6) is 0.725. The SMILES string of the molecule is O=[C]c1cccc2c1OCC2. The Labute approximate surface area is 64.8 Å². The van der Waals surface area contributed by atoms with Crippen LogP contribution in [0.25, 0.3) is 0 Å². The van der Waals surface area contributed by atoms with Gasteiger partial charge in [0.15, 0.2) is 0 Å². The van der Waals surface area contributed by atoms with Gasteiger partial charge in [0, 0.05) is 6.42 Å². The van der Waals surface area contributed by atoms with Crippen molar-refractivity contribution < 1.29 is 9.53 Å². The molecule has 0 fully saturated rings. The Morgan fingerprint density at radius 2 is 2.36 bits per heavy atom. The third-order valence-electron chi connectivity index (χ3n) is 1.82. The van der Waals surface area contributed by atoms with Crippen LogP contribution in [0.5, 0.6) is 5.75 Å². The zero-order valence-electron chi connectivity index (χ0n) is 5.96. The molecular formula is C9H7O2. The second-order valence-electron chi connectivity index (χ2n) is 2.49. The minimum atomic E-state index is 0.542. The summed E-state index contributed by atoms with van der Waals surface area (Å²) in [5.41, 5.74) is 1.66. The van der Waals surface area contributed by atoms with Gasteiger partial charge in [-0.05, 0) is 11.6 Å². The molecule has 0 saturated heterocycles. The molecule has 11 heavy (non-hydrogen) atoms. The quantitative estimate of drug-likeness (QED) is 0.594. The van der Waals surface area contributed by atoms with Crippen LogP contribution in [0.2, 0.25) is 0 Å². The molecule has 1 aliphatic heterocycles. The van der Waals surface area contributed by atoms with Gasteiger partial charge in [0.05, 0.1) is 12.2 Å². The van der Waals surface area contributed by atoms with Crippen molar-refractivity contribution in [3.8, 4) is 5.75 Å². The molecule has 2 nitrogen and oxygen atoms in total. The lowest BCUT2D eigenvalue weighted by Gasteiger charge is -1.99. The normalized spacial score (nSPS) is 13.8. The van der Waals surface area contributed by atoms with Gasteiger partial charge in [-0.15, -0.1) is 0 Å². The topological polar surface area (TPSA) is 26.3 Å². The highest BCUT2D eigenvalue weighted by Gasteiger charge is 2.14. The fraction of sp³-hybridized carbons (Fsp3) is 0.222. The van der Waals surface area contributed by atoms with E-state index in [1.165, 1.54) is 0 Å². The summed E-state index contributed by atoms with van der Waals surface area (Å²) in [6.45, 7) is 0.689. The summed E-state index contributed by atoms with van der Waals surface area (Å²) in [4.78, 5) is 10.4. The van der Waals surface area contributed by atoms with Gasteiger partial charge >= 0.3 is 0 Å². The molecule has 2 rings (SSSR count). The first-order chi connectivity index (χ1) is 5.42. The van der Waals surface area contributed by atoms with Crippen LogP contribution in [0.3, 0.4) is 0 Å². The number of hydrogen-bond donors (Lipinski definition) is 0. The highest BCUT2D eigenvalue weighted by molar-refractivity contribution is 5.80. The average molecular weight is 147 g/mol. The monoisotopic (exact) mass is 147 g/mol. The maximum atomic E-state index is 10.4. The zero-order chi connectivity index (χ0) is 7.68. The molecule has 0 saturated carbocycles. The van der Waals surface area contributed by atoms with Gasteiger partial charge in [0.1, 0.15) is 5.75 Å². The van der Waals surface area contributed by atoms with Gasteiger partial charge in [-0.1, -0.05) is 12.1 Å². The maximum Gasteiger partial charge on any atom is 0.237 e. The Bertz CT molecular complexity index is 292.